The number of rotatable bonds is 3. The van der Waals surface area contributed by atoms with Crippen molar-refractivity contribution in [3.05, 3.63) is 11.8 Å². The summed E-state index contributed by atoms with van der Waals surface area (Å²) < 4.78 is 42.8. The van der Waals surface area contributed by atoms with Crippen molar-refractivity contribution >= 4 is 5.91 Å². The molecule has 1 aliphatic rings. The molecule has 2 rings (SSSR count). The summed E-state index contributed by atoms with van der Waals surface area (Å²) in [6, 6.07) is -1.78. The lowest BCUT2D eigenvalue weighted by Crippen LogP contribution is -2.38. The number of alkyl halides is 3. The van der Waals surface area contributed by atoms with Crippen LogP contribution in [0.1, 0.15) is 38.0 Å². The third-order valence-electron chi connectivity index (χ3n) is 3.00. The zero-order chi connectivity index (χ0) is 14.2. The highest BCUT2D eigenvalue weighted by Crippen LogP contribution is 2.31. The largest absolute Gasteiger partial charge is 0.425 e. The Bertz CT molecular complexity index is 470. The lowest BCUT2D eigenvalue weighted by Gasteiger charge is -2.13. The van der Waals surface area contributed by atoms with Gasteiger partial charge < -0.3 is 9.73 Å². The van der Waals surface area contributed by atoms with Crippen molar-refractivity contribution in [3.63, 3.8) is 0 Å². The molecule has 0 aliphatic carbocycles. The molecule has 1 aliphatic heterocycles. The first-order valence-electron chi connectivity index (χ1n) is 5.96. The van der Waals surface area contributed by atoms with Gasteiger partial charge in [-0.05, 0) is 6.42 Å². The quantitative estimate of drug-likeness (QED) is 0.914. The van der Waals surface area contributed by atoms with Crippen LogP contribution in [0.2, 0.25) is 0 Å². The van der Waals surface area contributed by atoms with Gasteiger partial charge in [0.25, 0.3) is 0 Å². The molecule has 1 fully saturated rings. The van der Waals surface area contributed by atoms with Gasteiger partial charge in [-0.25, -0.2) is 0 Å². The van der Waals surface area contributed by atoms with Crippen molar-refractivity contribution < 1.29 is 22.4 Å². The van der Waals surface area contributed by atoms with Gasteiger partial charge in [0.05, 0.1) is 0 Å². The Morgan fingerprint density at radius 3 is 2.58 bits per heavy atom. The topological polar surface area (TPSA) is 68.0 Å². The summed E-state index contributed by atoms with van der Waals surface area (Å²) >= 11 is 0. The van der Waals surface area contributed by atoms with Crippen LogP contribution >= 0.6 is 0 Å². The molecule has 106 valence electrons. The van der Waals surface area contributed by atoms with Crippen LogP contribution in [0.4, 0.5) is 13.2 Å². The fraction of sp³-hybridized carbons (Fsp3) is 0.727. The highest BCUT2D eigenvalue weighted by atomic mass is 19.4. The van der Waals surface area contributed by atoms with E-state index in [9.17, 15) is 18.0 Å². The maximum atomic E-state index is 12.5. The van der Waals surface area contributed by atoms with E-state index in [0.29, 0.717) is 5.89 Å². The maximum absolute atomic E-state index is 12.5. The molecule has 0 bridgehead atoms. The average molecular weight is 277 g/mol. The zero-order valence-corrected chi connectivity index (χ0v) is 10.5. The molecule has 5 nitrogen and oxygen atoms in total. The minimum atomic E-state index is -4.41. The second kappa shape index (κ2) is 4.82. The molecule has 2 atom stereocenters. The summed E-state index contributed by atoms with van der Waals surface area (Å²) in [6.07, 6.45) is -4.66. The fourth-order valence-electron chi connectivity index (χ4n) is 1.92. The number of amides is 1. The minimum Gasteiger partial charge on any atom is -0.425 e. The van der Waals surface area contributed by atoms with E-state index < -0.39 is 24.0 Å². The van der Waals surface area contributed by atoms with E-state index in [1.807, 2.05) is 19.2 Å². The van der Waals surface area contributed by atoms with Gasteiger partial charge in [-0.1, -0.05) is 13.8 Å². The minimum absolute atomic E-state index is 0.0398. The molecule has 2 heterocycles. The first kappa shape index (κ1) is 13.8. The predicted molar refractivity (Wildman–Crippen MR) is 58.2 cm³/mol. The Hall–Kier alpha value is -1.60. The lowest BCUT2D eigenvalue weighted by molar-refractivity contribution is -0.154. The molecular formula is C11H14F3N3O2. The Labute approximate surface area is 107 Å². The number of nitrogens with one attached hydrogen (secondary N) is 1. The second-order valence-electron chi connectivity index (χ2n) is 4.93. The maximum Gasteiger partial charge on any atom is 0.408 e. The first-order valence-corrected chi connectivity index (χ1v) is 5.96. The second-order valence-corrected chi connectivity index (χ2v) is 4.93. The predicted octanol–water partition coefficient (Wildman–Crippen LogP) is 1.80. The number of carbonyl (C=O) groups excluding carboxylic acids is 1. The molecule has 8 heteroatoms. The van der Waals surface area contributed by atoms with Crippen LogP contribution < -0.4 is 5.32 Å². The SMILES string of the molecule is CC(C)c1nnc(CC2CC(C(F)(F)F)NC2=O)o1. The number of aromatic nitrogens is 2. The van der Waals surface area contributed by atoms with Crippen LogP contribution in [0.15, 0.2) is 4.42 Å². The number of halogens is 3. The van der Waals surface area contributed by atoms with Crippen molar-refractivity contribution in [3.8, 4) is 0 Å². The van der Waals surface area contributed by atoms with E-state index in [-0.39, 0.29) is 24.7 Å². The van der Waals surface area contributed by atoms with E-state index in [0.717, 1.165) is 0 Å². The van der Waals surface area contributed by atoms with Gasteiger partial charge in [-0.2, -0.15) is 13.2 Å². The third kappa shape index (κ3) is 3.05. The first-order chi connectivity index (χ1) is 8.77. The van der Waals surface area contributed by atoms with Gasteiger partial charge in [0.1, 0.15) is 6.04 Å². The van der Waals surface area contributed by atoms with E-state index in [4.69, 9.17) is 4.42 Å². The summed E-state index contributed by atoms with van der Waals surface area (Å²) in [6.45, 7) is 3.72. The van der Waals surface area contributed by atoms with E-state index in [1.54, 1.807) is 0 Å². The number of hydrogen-bond donors (Lipinski definition) is 1. The van der Waals surface area contributed by atoms with Crippen molar-refractivity contribution in [2.24, 2.45) is 5.92 Å². The number of carbonyl (C=O) groups is 1. The highest BCUT2D eigenvalue weighted by Gasteiger charge is 2.48. The fourth-order valence-corrected chi connectivity index (χ4v) is 1.92. The molecule has 1 saturated heterocycles. The lowest BCUT2D eigenvalue weighted by atomic mass is 10.0. The van der Waals surface area contributed by atoms with E-state index >= 15 is 0 Å². The van der Waals surface area contributed by atoms with Gasteiger partial charge in [-0.15, -0.1) is 10.2 Å². The van der Waals surface area contributed by atoms with Crippen molar-refractivity contribution in [1.29, 1.82) is 0 Å². The molecule has 1 N–H and O–H groups in total. The Balaban J connectivity index is 2.01. The van der Waals surface area contributed by atoms with Crippen molar-refractivity contribution in [1.82, 2.24) is 15.5 Å². The third-order valence-corrected chi connectivity index (χ3v) is 3.00. The normalized spacial score (nSPS) is 24.0. The summed E-state index contributed by atoms with van der Waals surface area (Å²) in [5, 5.41) is 9.46. The summed E-state index contributed by atoms with van der Waals surface area (Å²) in [5.74, 6) is -0.729. The van der Waals surface area contributed by atoms with Crippen LogP contribution in [-0.4, -0.2) is 28.3 Å². The molecule has 19 heavy (non-hydrogen) atoms. The van der Waals surface area contributed by atoms with Crippen LogP contribution in [0.3, 0.4) is 0 Å². The van der Waals surface area contributed by atoms with Crippen LogP contribution in [-0.2, 0) is 11.2 Å². The monoisotopic (exact) mass is 277 g/mol. The van der Waals surface area contributed by atoms with Crippen LogP contribution in [0.5, 0.6) is 0 Å². The zero-order valence-electron chi connectivity index (χ0n) is 10.5. The van der Waals surface area contributed by atoms with Crippen LogP contribution in [0.25, 0.3) is 0 Å². The Morgan fingerprint density at radius 2 is 2.11 bits per heavy atom. The molecule has 1 aromatic heterocycles. The molecule has 0 spiro atoms. The molecule has 0 saturated carbocycles. The van der Waals surface area contributed by atoms with E-state index in [2.05, 4.69) is 10.2 Å². The molecule has 1 amide bonds. The number of hydrogen-bond acceptors (Lipinski definition) is 4. The van der Waals surface area contributed by atoms with Gasteiger partial charge in [0.15, 0.2) is 0 Å². The van der Waals surface area contributed by atoms with Crippen molar-refractivity contribution in [2.75, 3.05) is 0 Å². The summed E-state index contributed by atoms with van der Waals surface area (Å²) in [5.41, 5.74) is 0. The highest BCUT2D eigenvalue weighted by molar-refractivity contribution is 5.81. The Morgan fingerprint density at radius 1 is 1.42 bits per heavy atom. The van der Waals surface area contributed by atoms with E-state index in [1.165, 1.54) is 0 Å². The molecule has 1 aromatic rings. The Kier molecular flexibility index (Phi) is 3.51. The molecule has 0 aromatic carbocycles. The van der Waals surface area contributed by atoms with Gasteiger partial charge in [0.2, 0.25) is 17.7 Å². The van der Waals surface area contributed by atoms with Gasteiger partial charge in [-0.3, -0.25) is 4.79 Å². The number of nitrogens with zero attached hydrogens (tertiary/aromatic N) is 2. The van der Waals surface area contributed by atoms with Crippen LogP contribution in [0, 0.1) is 5.92 Å². The van der Waals surface area contributed by atoms with Gasteiger partial charge >= 0.3 is 6.18 Å². The summed E-state index contributed by atoms with van der Waals surface area (Å²) in [7, 11) is 0. The smallest absolute Gasteiger partial charge is 0.408 e. The standard InChI is InChI=1S/C11H14F3N3O2/c1-5(2)10-17-16-8(19-10)4-6-3-7(11(12,13)14)15-9(6)18/h5-7H,3-4H2,1-2H3,(H,15,18). The molecular weight excluding hydrogens is 263 g/mol. The molecule has 0 radical (unpaired) electrons. The van der Waals surface area contributed by atoms with Crippen molar-refractivity contribution in [2.45, 2.75) is 44.8 Å². The van der Waals surface area contributed by atoms with Gasteiger partial charge in [0, 0.05) is 18.3 Å². The molecule has 2 unspecified atom stereocenters. The average Bonchev–Trinajstić information content (AvgIpc) is 2.86. The summed E-state index contributed by atoms with van der Waals surface area (Å²) in [4.78, 5) is 11.5.